The minimum Gasteiger partial charge on any atom is -0.496 e. The maximum Gasteiger partial charge on any atom is 0.343 e. The lowest BCUT2D eigenvalue weighted by Crippen LogP contribution is -2.18. The van der Waals surface area contributed by atoms with Crippen LogP contribution < -0.4 is 14.9 Å². The second kappa shape index (κ2) is 9.57. The predicted molar refractivity (Wildman–Crippen MR) is 99.7 cm³/mol. The van der Waals surface area contributed by atoms with Gasteiger partial charge in [0.05, 0.1) is 26.0 Å². The second-order valence-corrected chi connectivity index (χ2v) is 5.89. The fraction of sp³-hybridized carbons (Fsp3) is 0.167. The standard InChI is InChI=1S/C18H17BrN2O5/c1-24-16-8-5-13(19)9-15(16)18(23)21-20-10-12-3-6-14(7-4-12)26-11-17(22)25-2/h3-10H,11H2,1-2H3,(H,21,23)/b20-10-. The lowest BCUT2D eigenvalue weighted by Gasteiger charge is -2.07. The van der Waals surface area contributed by atoms with Crippen molar-refractivity contribution < 1.29 is 23.8 Å². The molecule has 8 heteroatoms. The molecule has 0 bridgehead atoms. The van der Waals surface area contributed by atoms with Gasteiger partial charge in [-0.2, -0.15) is 5.10 Å². The first kappa shape index (κ1) is 19.5. The van der Waals surface area contributed by atoms with Gasteiger partial charge in [0.2, 0.25) is 0 Å². The number of hydrogen-bond acceptors (Lipinski definition) is 6. The molecule has 1 amide bonds. The van der Waals surface area contributed by atoms with Gasteiger partial charge in [-0.1, -0.05) is 15.9 Å². The Morgan fingerprint density at radius 1 is 1.15 bits per heavy atom. The third-order valence-electron chi connectivity index (χ3n) is 3.25. The third kappa shape index (κ3) is 5.59. The van der Waals surface area contributed by atoms with E-state index in [0.717, 1.165) is 10.0 Å². The zero-order valence-corrected chi connectivity index (χ0v) is 15.8. The molecule has 0 saturated heterocycles. The molecule has 26 heavy (non-hydrogen) atoms. The Bertz CT molecular complexity index is 806. The topological polar surface area (TPSA) is 86.2 Å². The number of esters is 1. The fourth-order valence-electron chi connectivity index (χ4n) is 1.93. The number of methoxy groups -OCH3 is 2. The van der Waals surface area contributed by atoms with E-state index in [1.807, 2.05) is 0 Å². The molecule has 1 N–H and O–H groups in total. The highest BCUT2D eigenvalue weighted by Crippen LogP contribution is 2.22. The highest BCUT2D eigenvalue weighted by Gasteiger charge is 2.11. The fourth-order valence-corrected chi connectivity index (χ4v) is 2.30. The Hall–Kier alpha value is -2.87. The van der Waals surface area contributed by atoms with E-state index in [9.17, 15) is 9.59 Å². The van der Waals surface area contributed by atoms with Crippen LogP contribution in [0.3, 0.4) is 0 Å². The van der Waals surface area contributed by atoms with Crippen LogP contribution in [0.4, 0.5) is 0 Å². The molecular formula is C18H17BrN2O5. The number of carbonyl (C=O) groups excluding carboxylic acids is 2. The summed E-state index contributed by atoms with van der Waals surface area (Å²) in [6.45, 7) is -0.158. The molecule has 0 aliphatic rings. The van der Waals surface area contributed by atoms with Crippen LogP contribution in [0.2, 0.25) is 0 Å². The first-order valence-corrected chi connectivity index (χ1v) is 8.29. The van der Waals surface area contributed by atoms with E-state index in [2.05, 4.69) is 31.2 Å². The van der Waals surface area contributed by atoms with Crippen LogP contribution in [0, 0.1) is 0 Å². The maximum absolute atomic E-state index is 12.2. The molecule has 0 radical (unpaired) electrons. The Morgan fingerprint density at radius 3 is 2.54 bits per heavy atom. The third-order valence-corrected chi connectivity index (χ3v) is 3.74. The van der Waals surface area contributed by atoms with Gasteiger partial charge in [0, 0.05) is 4.47 Å². The summed E-state index contributed by atoms with van der Waals surface area (Å²) in [7, 11) is 2.79. The second-order valence-electron chi connectivity index (χ2n) is 4.98. The normalized spacial score (nSPS) is 10.4. The van der Waals surface area contributed by atoms with Crippen LogP contribution in [0.15, 0.2) is 52.0 Å². The summed E-state index contributed by atoms with van der Waals surface area (Å²) in [5.74, 6) is 0.127. The highest BCUT2D eigenvalue weighted by atomic mass is 79.9. The zero-order valence-electron chi connectivity index (χ0n) is 14.2. The first-order chi connectivity index (χ1) is 12.5. The number of nitrogens with zero attached hydrogens (tertiary/aromatic N) is 1. The lowest BCUT2D eigenvalue weighted by molar-refractivity contribution is -0.142. The molecule has 2 aromatic rings. The van der Waals surface area contributed by atoms with Crippen LogP contribution >= 0.6 is 15.9 Å². The number of hydrazone groups is 1. The van der Waals surface area contributed by atoms with Gasteiger partial charge in [0.25, 0.3) is 5.91 Å². The predicted octanol–water partition coefficient (Wildman–Crippen LogP) is 2.77. The highest BCUT2D eigenvalue weighted by molar-refractivity contribution is 9.10. The summed E-state index contributed by atoms with van der Waals surface area (Å²) in [5.41, 5.74) is 3.56. The van der Waals surface area contributed by atoms with Crippen LogP contribution in [-0.4, -0.2) is 38.9 Å². The number of rotatable bonds is 7. The largest absolute Gasteiger partial charge is 0.496 e. The van der Waals surface area contributed by atoms with Crippen molar-refractivity contribution in [2.24, 2.45) is 5.10 Å². The molecule has 0 aromatic heterocycles. The molecule has 0 heterocycles. The van der Waals surface area contributed by atoms with E-state index >= 15 is 0 Å². The molecule has 0 spiro atoms. The smallest absolute Gasteiger partial charge is 0.343 e. The summed E-state index contributed by atoms with van der Waals surface area (Å²) in [6, 6.07) is 12.0. The van der Waals surface area contributed by atoms with E-state index in [1.54, 1.807) is 42.5 Å². The summed E-state index contributed by atoms with van der Waals surface area (Å²) in [5, 5.41) is 3.93. The molecular weight excluding hydrogens is 404 g/mol. The van der Waals surface area contributed by atoms with Crippen molar-refractivity contribution in [3.05, 3.63) is 58.1 Å². The van der Waals surface area contributed by atoms with Gasteiger partial charge in [-0.25, -0.2) is 10.2 Å². The Labute approximate surface area is 159 Å². The number of hydrogen-bond donors (Lipinski definition) is 1. The molecule has 0 atom stereocenters. The number of carbonyl (C=O) groups is 2. The first-order valence-electron chi connectivity index (χ1n) is 7.50. The summed E-state index contributed by atoms with van der Waals surface area (Å²) >= 11 is 3.32. The van der Waals surface area contributed by atoms with Gasteiger partial charge in [-0.3, -0.25) is 4.79 Å². The quantitative estimate of drug-likeness (QED) is 0.422. The molecule has 7 nitrogen and oxygen atoms in total. The molecule has 0 fully saturated rings. The average Bonchev–Trinajstić information content (AvgIpc) is 2.66. The van der Waals surface area contributed by atoms with E-state index < -0.39 is 11.9 Å². The minimum atomic E-state index is -0.457. The maximum atomic E-state index is 12.2. The van der Waals surface area contributed by atoms with Crippen molar-refractivity contribution >= 4 is 34.0 Å². The van der Waals surface area contributed by atoms with Gasteiger partial charge in [-0.05, 0) is 48.0 Å². The van der Waals surface area contributed by atoms with Gasteiger partial charge in [0.15, 0.2) is 6.61 Å². The summed E-state index contributed by atoms with van der Waals surface area (Å²) in [4.78, 5) is 23.2. The van der Waals surface area contributed by atoms with Crippen LogP contribution in [-0.2, 0) is 9.53 Å². The Balaban J connectivity index is 1.95. The number of nitrogens with one attached hydrogen (secondary N) is 1. The van der Waals surface area contributed by atoms with Crippen LogP contribution in [0.25, 0.3) is 0 Å². The van der Waals surface area contributed by atoms with E-state index in [-0.39, 0.29) is 6.61 Å². The minimum absolute atomic E-state index is 0.158. The monoisotopic (exact) mass is 420 g/mol. The van der Waals surface area contributed by atoms with Crippen LogP contribution in [0.5, 0.6) is 11.5 Å². The molecule has 0 aliphatic heterocycles. The van der Waals surface area contributed by atoms with Crippen molar-refractivity contribution in [3.8, 4) is 11.5 Å². The number of ether oxygens (including phenoxy) is 3. The summed E-state index contributed by atoms with van der Waals surface area (Å²) < 4.78 is 15.7. The van der Waals surface area contributed by atoms with Crippen LogP contribution in [0.1, 0.15) is 15.9 Å². The molecule has 136 valence electrons. The Kier molecular flexibility index (Phi) is 7.16. The number of halogens is 1. The van der Waals surface area contributed by atoms with Gasteiger partial charge < -0.3 is 14.2 Å². The molecule has 2 aromatic carbocycles. The molecule has 2 rings (SSSR count). The van der Waals surface area contributed by atoms with E-state index in [0.29, 0.717) is 17.1 Å². The van der Waals surface area contributed by atoms with Gasteiger partial charge in [-0.15, -0.1) is 0 Å². The zero-order chi connectivity index (χ0) is 18.9. The summed E-state index contributed by atoms with van der Waals surface area (Å²) in [6.07, 6.45) is 1.49. The SMILES string of the molecule is COC(=O)COc1ccc(/C=N\NC(=O)c2cc(Br)ccc2OC)cc1. The number of benzene rings is 2. The van der Waals surface area contributed by atoms with E-state index in [1.165, 1.54) is 20.4 Å². The Morgan fingerprint density at radius 2 is 1.88 bits per heavy atom. The van der Waals surface area contributed by atoms with Crippen molar-refractivity contribution in [1.82, 2.24) is 5.43 Å². The van der Waals surface area contributed by atoms with Crippen molar-refractivity contribution in [2.75, 3.05) is 20.8 Å². The van der Waals surface area contributed by atoms with Gasteiger partial charge >= 0.3 is 5.97 Å². The van der Waals surface area contributed by atoms with Crippen molar-refractivity contribution in [1.29, 1.82) is 0 Å². The molecule has 0 aliphatic carbocycles. The molecule has 0 saturated carbocycles. The van der Waals surface area contributed by atoms with Gasteiger partial charge in [0.1, 0.15) is 11.5 Å². The lowest BCUT2D eigenvalue weighted by atomic mass is 10.2. The van der Waals surface area contributed by atoms with Crippen molar-refractivity contribution in [2.45, 2.75) is 0 Å². The molecule has 0 unspecified atom stereocenters. The van der Waals surface area contributed by atoms with Crippen molar-refractivity contribution in [3.63, 3.8) is 0 Å². The average molecular weight is 421 g/mol. The number of amides is 1. The van der Waals surface area contributed by atoms with E-state index in [4.69, 9.17) is 9.47 Å².